The first kappa shape index (κ1) is 32.4. The number of nitrogens with two attached hydrogens (primary N) is 1. The molecule has 0 fully saturated rings. The Bertz CT molecular complexity index is 1140. The van der Waals surface area contributed by atoms with E-state index < -0.39 is 39.8 Å². The van der Waals surface area contributed by atoms with E-state index in [0.29, 0.717) is 37.2 Å². The average Bonchev–Trinajstić information content (AvgIpc) is 2.87. The summed E-state index contributed by atoms with van der Waals surface area (Å²) in [6, 6.07) is 8.53. The first-order chi connectivity index (χ1) is 18.5. The van der Waals surface area contributed by atoms with E-state index >= 15 is 0 Å². The third-order valence-corrected chi connectivity index (χ3v) is 7.94. The first-order valence-electron chi connectivity index (χ1n) is 13.0. The van der Waals surface area contributed by atoms with Crippen molar-refractivity contribution in [2.75, 3.05) is 39.0 Å². The highest BCUT2D eigenvalue weighted by Crippen LogP contribution is 2.16. The van der Waals surface area contributed by atoms with Crippen LogP contribution in [0, 0.1) is 11.6 Å². The summed E-state index contributed by atoms with van der Waals surface area (Å²) in [6.45, 7) is 4.37. The molecule has 0 aliphatic rings. The second-order valence-electron chi connectivity index (χ2n) is 9.39. The summed E-state index contributed by atoms with van der Waals surface area (Å²) in [4.78, 5) is 14.5. The number of aliphatic hydroxyl groups excluding tert-OH is 1. The molecule has 4 N–H and O–H groups in total. The summed E-state index contributed by atoms with van der Waals surface area (Å²) in [6.07, 6.45) is 0.106. The topological polar surface area (TPSA) is 125 Å². The van der Waals surface area contributed by atoms with Gasteiger partial charge in [0, 0.05) is 38.3 Å². The molecular formula is C27H40F2N4O5S. The summed E-state index contributed by atoms with van der Waals surface area (Å²) < 4.78 is 59.3. The highest BCUT2D eigenvalue weighted by molar-refractivity contribution is 7.89. The molecule has 0 saturated heterocycles. The number of urea groups is 1. The maximum Gasteiger partial charge on any atom is 0.317 e. The largest absolute Gasteiger partial charge is 0.497 e. The molecule has 0 heterocycles. The minimum absolute atomic E-state index is 0.0204. The summed E-state index contributed by atoms with van der Waals surface area (Å²) in [5, 5.41) is 13.4. The van der Waals surface area contributed by atoms with E-state index in [0.717, 1.165) is 18.2 Å². The lowest BCUT2D eigenvalue weighted by Crippen LogP contribution is -2.49. The molecule has 2 rings (SSSR count). The number of halogens is 2. The molecular weight excluding hydrogens is 530 g/mol. The Morgan fingerprint density at radius 2 is 1.72 bits per heavy atom. The highest BCUT2D eigenvalue weighted by Gasteiger charge is 2.25. The number of aliphatic hydroxyl groups is 1. The van der Waals surface area contributed by atoms with Crippen molar-refractivity contribution in [1.82, 2.24) is 14.5 Å². The van der Waals surface area contributed by atoms with E-state index in [1.54, 1.807) is 24.3 Å². The molecule has 2 atom stereocenters. The van der Waals surface area contributed by atoms with Crippen molar-refractivity contribution in [2.24, 2.45) is 5.73 Å². The van der Waals surface area contributed by atoms with Crippen molar-refractivity contribution in [3.63, 3.8) is 0 Å². The zero-order valence-electron chi connectivity index (χ0n) is 22.8. The SMILES string of the molecule is CCCN(CCC)S(=O)(=O)CCNC(=O)N(Cc1cccc(OC)c1)C[C@@H](O)[C@@H](N)Cc1cc(F)cc(F)c1. The Morgan fingerprint density at radius 3 is 2.31 bits per heavy atom. The normalized spacial score (nSPS) is 13.2. The Balaban J connectivity index is 2.12. The second-order valence-corrected chi connectivity index (χ2v) is 11.5. The van der Waals surface area contributed by atoms with Crippen LogP contribution in [0.1, 0.15) is 37.8 Å². The molecule has 2 aromatic rings. The zero-order chi connectivity index (χ0) is 29.0. The molecule has 0 aromatic heterocycles. The van der Waals surface area contributed by atoms with Crippen LogP contribution in [-0.4, -0.2) is 79.9 Å². The molecule has 0 radical (unpaired) electrons. The van der Waals surface area contributed by atoms with Crippen LogP contribution in [0.5, 0.6) is 5.75 Å². The third kappa shape index (κ3) is 10.7. The fraction of sp³-hybridized carbons (Fsp3) is 0.519. The average molecular weight is 571 g/mol. The van der Waals surface area contributed by atoms with Crippen molar-refractivity contribution < 1.29 is 31.8 Å². The predicted molar refractivity (Wildman–Crippen MR) is 147 cm³/mol. The smallest absolute Gasteiger partial charge is 0.317 e. The van der Waals surface area contributed by atoms with Crippen molar-refractivity contribution in [2.45, 2.75) is 51.8 Å². The number of nitrogens with zero attached hydrogens (tertiary/aromatic N) is 2. The van der Waals surface area contributed by atoms with Crippen LogP contribution < -0.4 is 15.8 Å². The van der Waals surface area contributed by atoms with E-state index in [-0.39, 0.29) is 37.4 Å². The lowest BCUT2D eigenvalue weighted by atomic mass is 10.0. The van der Waals surface area contributed by atoms with Gasteiger partial charge in [-0.05, 0) is 54.7 Å². The van der Waals surface area contributed by atoms with Gasteiger partial charge in [0.2, 0.25) is 10.0 Å². The minimum Gasteiger partial charge on any atom is -0.497 e. The highest BCUT2D eigenvalue weighted by atomic mass is 32.2. The Hall–Kier alpha value is -2.80. The number of sulfonamides is 1. The third-order valence-electron chi connectivity index (χ3n) is 6.07. The van der Waals surface area contributed by atoms with Crippen LogP contribution >= 0.6 is 0 Å². The van der Waals surface area contributed by atoms with Crippen LogP contribution in [-0.2, 0) is 23.0 Å². The molecule has 2 aromatic carbocycles. The van der Waals surface area contributed by atoms with Gasteiger partial charge in [-0.25, -0.2) is 26.3 Å². The molecule has 39 heavy (non-hydrogen) atoms. The maximum atomic E-state index is 13.6. The van der Waals surface area contributed by atoms with Crippen molar-refractivity contribution in [1.29, 1.82) is 0 Å². The number of carbonyl (C=O) groups is 1. The van der Waals surface area contributed by atoms with Crippen LogP contribution in [0.15, 0.2) is 42.5 Å². The number of hydrogen-bond donors (Lipinski definition) is 3. The number of ether oxygens (including phenoxy) is 1. The molecule has 218 valence electrons. The van der Waals surface area contributed by atoms with Crippen molar-refractivity contribution in [3.8, 4) is 5.75 Å². The number of methoxy groups -OCH3 is 1. The zero-order valence-corrected chi connectivity index (χ0v) is 23.6. The fourth-order valence-electron chi connectivity index (χ4n) is 4.13. The number of amides is 2. The van der Waals surface area contributed by atoms with E-state index in [2.05, 4.69) is 5.32 Å². The van der Waals surface area contributed by atoms with Crippen LogP contribution in [0.4, 0.5) is 13.6 Å². The van der Waals surface area contributed by atoms with Crippen LogP contribution in [0.25, 0.3) is 0 Å². The Kier molecular flexibility index (Phi) is 13.1. The number of nitrogens with one attached hydrogen (secondary N) is 1. The quantitative estimate of drug-likeness (QED) is 0.285. The molecule has 0 aliphatic heterocycles. The monoisotopic (exact) mass is 570 g/mol. The molecule has 2 amide bonds. The maximum absolute atomic E-state index is 13.6. The molecule has 0 saturated carbocycles. The van der Waals surface area contributed by atoms with Crippen LogP contribution in [0.3, 0.4) is 0 Å². The summed E-state index contributed by atoms with van der Waals surface area (Å²) in [5.41, 5.74) is 7.11. The molecule has 0 aliphatic carbocycles. The molecule has 0 bridgehead atoms. The van der Waals surface area contributed by atoms with Crippen molar-refractivity contribution >= 4 is 16.1 Å². The number of rotatable bonds is 16. The van der Waals surface area contributed by atoms with Crippen LogP contribution in [0.2, 0.25) is 0 Å². The Morgan fingerprint density at radius 1 is 1.08 bits per heavy atom. The molecule has 12 heteroatoms. The van der Waals surface area contributed by atoms with Gasteiger partial charge in [-0.1, -0.05) is 26.0 Å². The summed E-state index contributed by atoms with van der Waals surface area (Å²) in [5.74, 6) is -1.19. The minimum atomic E-state index is -3.56. The van der Waals surface area contributed by atoms with E-state index in [1.165, 1.54) is 16.3 Å². The summed E-state index contributed by atoms with van der Waals surface area (Å²) >= 11 is 0. The Labute approximate surface area is 230 Å². The van der Waals surface area contributed by atoms with Crippen molar-refractivity contribution in [3.05, 3.63) is 65.2 Å². The lowest BCUT2D eigenvalue weighted by molar-refractivity contribution is 0.0976. The lowest BCUT2D eigenvalue weighted by Gasteiger charge is -2.29. The van der Waals surface area contributed by atoms with Gasteiger partial charge in [0.05, 0.1) is 25.5 Å². The standard InChI is InChI=1S/C27H40F2N4O5S/c1-4-10-33(11-5-2)39(36,37)12-9-31-27(35)32(18-20-7-6-8-24(15-20)38-3)19-26(34)25(30)16-21-13-22(28)17-23(29)14-21/h6-8,13-15,17,25-26,34H,4-5,9-12,16,18-19,30H2,1-3H3,(H,31,35)/t25-,26+/m0/s1. The van der Waals surface area contributed by atoms with Gasteiger partial charge in [0.15, 0.2) is 0 Å². The molecule has 0 spiro atoms. The predicted octanol–water partition coefficient (Wildman–Crippen LogP) is 2.87. The number of carbonyl (C=O) groups excluding carboxylic acids is 1. The van der Waals surface area contributed by atoms with Gasteiger partial charge >= 0.3 is 6.03 Å². The van der Waals surface area contributed by atoms with Gasteiger partial charge in [-0.15, -0.1) is 0 Å². The molecule has 0 unspecified atom stereocenters. The van der Waals surface area contributed by atoms with Gasteiger partial charge in [-0.2, -0.15) is 0 Å². The molecule has 9 nitrogen and oxygen atoms in total. The first-order valence-corrected chi connectivity index (χ1v) is 14.6. The number of benzene rings is 2. The number of hydrogen-bond acceptors (Lipinski definition) is 6. The van der Waals surface area contributed by atoms with E-state index in [1.807, 2.05) is 13.8 Å². The van der Waals surface area contributed by atoms with Gasteiger partial charge in [0.1, 0.15) is 17.4 Å². The van der Waals surface area contributed by atoms with Gasteiger partial charge in [-0.3, -0.25) is 0 Å². The van der Waals surface area contributed by atoms with E-state index in [4.69, 9.17) is 10.5 Å². The summed E-state index contributed by atoms with van der Waals surface area (Å²) in [7, 11) is -2.04. The fourth-order valence-corrected chi connectivity index (χ4v) is 5.66. The van der Waals surface area contributed by atoms with Gasteiger partial charge < -0.3 is 25.8 Å². The second kappa shape index (κ2) is 15.7. The van der Waals surface area contributed by atoms with E-state index in [9.17, 15) is 27.1 Å². The van der Waals surface area contributed by atoms with Gasteiger partial charge in [0.25, 0.3) is 0 Å².